The average Bonchev–Trinajstić information content (AvgIpc) is 2.46. The van der Waals surface area contributed by atoms with Crippen molar-refractivity contribution in [1.29, 1.82) is 0 Å². The molecule has 0 saturated carbocycles. The smallest absolute Gasteiger partial charge is 0.161 e. The van der Waals surface area contributed by atoms with Gasteiger partial charge < -0.3 is 15.2 Å². The van der Waals surface area contributed by atoms with Gasteiger partial charge in [-0.3, -0.25) is 4.98 Å². The Balaban J connectivity index is 2.11. The zero-order valence-electron chi connectivity index (χ0n) is 12.8. The van der Waals surface area contributed by atoms with E-state index >= 15 is 0 Å². The molecule has 1 heterocycles. The van der Waals surface area contributed by atoms with Crippen LogP contribution >= 0.6 is 0 Å². The van der Waals surface area contributed by atoms with E-state index in [1.54, 1.807) is 13.3 Å². The Kier molecular flexibility index (Phi) is 5.17. The number of rotatable bonds is 6. The normalized spacial score (nSPS) is 12.0. The molecule has 4 heteroatoms. The summed E-state index contributed by atoms with van der Waals surface area (Å²) < 4.78 is 11.2. The van der Waals surface area contributed by atoms with Crippen molar-refractivity contribution in [3.8, 4) is 11.5 Å². The fraction of sp³-hybridized carbons (Fsp3) is 0.353. The van der Waals surface area contributed by atoms with E-state index in [0.29, 0.717) is 6.61 Å². The van der Waals surface area contributed by atoms with Gasteiger partial charge in [-0.2, -0.15) is 0 Å². The molecule has 1 unspecified atom stereocenters. The van der Waals surface area contributed by atoms with Crippen molar-refractivity contribution < 1.29 is 9.47 Å². The van der Waals surface area contributed by atoms with Crippen LogP contribution in [-0.4, -0.2) is 18.1 Å². The molecule has 2 N–H and O–H groups in total. The topological polar surface area (TPSA) is 57.4 Å². The lowest BCUT2D eigenvalue weighted by atomic mass is 10.1. The molecule has 0 saturated heterocycles. The van der Waals surface area contributed by atoms with Crippen LogP contribution in [0.15, 0.2) is 36.5 Å². The first-order chi connectivity index (χ1) is 10.1. The largest absolute Gasteiger partial charge is 0.493 e. The van der Waals surface area contributed by atoms with Crippen LogP contribution in [0.1, 0.15) is 23.7 Å². The van der Waals surface area contributed by atoms with Gasteiger partial charge in [0.1, 0.15) is 6.61 Å². The van der Waals surface area contributed by atoms with E-state index in [-0.39, 0.29) is 6.04 Å². The van der Waals surface area contributed by atoms with Gasteiger partial charge in [0.15, 0.2) is 11.5 Å². The first kappa shape index (κ1) is 15.3. The molecule has 1 aromatic heterocycles. The minimum absolute atomic E-state index is 0.123. The van der Waals surface area contributed by atoms with Gasteiger partial charge >= 0.3 is 0 Å². The average molecular weight is 286 g/mol. The number of nitrogens with zero attached hydrogens (tertiary/aromatic N) is 1. The summed E-state index contributed by atoms with van der Waals surface area (Å²) in [6.07, 6.45) is 2.59. The molecule has 2 aromatic rings. The molecule has 0 aliphatic heterocycles. The Bertz CT molecular complexity index is 597. The molecular formula is C17H22N2O2. The Labute approximate surface area is 125 Å². The maximum absolute atomic E-state index is 5.84. The highest BCUT2D eigenvalue weighted by molar-refractivity contribution is 5.43. The lowest BCUT2D eigenvalue weighted by molar-refractivity contribution is 0.280. The summed E-state index contributed by atoms with van der Waals surface area (Å²) in [5.41, 5.74) is 9.01. The van der Waals surface area contributed by atoms with Crippen molar-refractivity contribution in [1.82, 2.24) is 4.98 Å². The molecule has 0 spiro atoms. The molecule has 0 aliphatic carbocycles. The first-order valence-corrected chi connectivity index (χ1v) is 7.06. The van der Waals surface area contributed by atoms with Gasteiger partial charge in [-0.15, -0.1) is 0 Å². The molecule has 21 heavy (non-hydrogen) atoms. The third kappa shape index (κ3) is 4.20. The molecule has 1 aromatic carbocycles. The van der Waals surface area contributed by atoms with Crippen molar-refractivity contribution in [2.24, 2.45) is 5.73 Å². The zero-order valence-corrected chi connectivity index (χ0v) is 12.8. The van der Waals surface area contributed by atoms with Gasteiger partial charge in [0.25, 0.3) is 0 Å². The van der Waals surface area contributed by atoms with Gasteiger partial charge in [-0.1, -0.05) is 12.1 Å². The first-order valence-electron chi connectivity index (χ1n) is 7.06. The molecule has 2 rings (SSSR count). The second kappa shape index (κ2) is 7.09. The maximum atomic E-state index is 5.84. The van der Waals surface area contributed by atoms with Gasteiger partial charge in [0, 0.05) is 12.2 Å². The van der Waals surface area contributed by atoms with Crippen LogP contribution in [0.5, 0.6) is 11.5 Å². The Morgan fingerprint density at radius 1 is 1.24 bits per heavy atom. The lowest BCUT2D eigenvalue weighted by Crippen LogP contribution is -2.17. The summed E-state index contributed by atoms with van der Waals surface area (Å²) in [5.74, 6) is 1.44. The molecule has 0 fully saturated rings. The van der Waals surface area contributed by atoms with Gasteiger partial charge in [-0.25, -0.2) is 0 Å². The number of benzene rings is 1. The highest BCUT2D eigenvalue weighted by Gasteiger charge is 2.08. The Morgan fingerprint density at radius 3 is 2.71 bits per heavy atom. The monoisotopic (exact) mass is 286 g/mol. The SMILES string of the molecule is COc1cc(CC(C)N)ccc1OCc1ncccc1C. The van der Waals surface area contributed by atoms with E-state index in [1.165, 1.54) is 0 Å². The number of pyridine rings is 1. The van der Waals surface area contributed by atoms with E-state index in [2.05, 4.69) is 4.98 Å². The number of ether oxygens (including phenoxy) is 2. The molecule has 4 nitrogen and oxygen atoms in total. The van der Waals surface area contributed by atoms with Crippen LogP contribution < -0.4 is 15.2 Å². The van der Waals surface area contributed by atoms with Crippen LogP contribution in [0.3, 0.4) is 0 Å². The number of nitrogens with two attached hydrogens (primary N) is 1. The highest BCUT2D eigenvalue weighted by atomic mass is 16.5. The quantitative estimate of drug-likeness (QED) is 0.887. The lowest BCUT2D eigenvalue weighted by Gasteiger charge is -2.13. The summed E-state index contributed by atoms with van der Waals surface area (Å²) in [6, 6.07) is 9.99. The maximum Gasteiger partial charge on any atom is 0.161 e. The minimum Gasteiger partial charge on any atom is -0.493 e. The van der Waals surface area contributed by atoms with Crippen LogP contribution in [0.2, 0.25) is 0 Å². The van der Waals surface area contributed by atoms with Gasteiger partial charge in [-0.05, 0) is 49.6 Å². The van der Waals surface area contributed by atoms with E-state index in [4.69, 9.17) is 15.2 Å². The second-order valence-corrected chi connectivity index (χ2v) is 5.22. The Morgan fingerprint density at radius 2 is 2.05 bits per heavy atom. The number of aryl methyl sites for hydroxylation is 1. The molecule has 0 radical (unpaired) electrons. The summed E-state index contributed by atoms with van der Waals surface area (Å²) >= 11 is 0. The van der Waals surface area contributed by atoms with Crippen molar-refractivity contribution in [3.63, 3.8) is 0 Å². The number of hydrogen-bond donors (Lipinski definition) is 1. The van der Waals surface area contributed by atoms with Gasteiger partial charge in [0.05, 0.1) is 12.8 Å². The highest BCUT2D eigenvalue weighted by Crippen LogP contribution is 2.29. The fourth-order valence-electron chi connectivity index (χ4n) is 2.15. The second-order valence-electron chi connectivity index (χ2n) is 5.22. The van der Waals surface area contributed by atoms with Crippen LogP contribution in [0, 0.1) is 6.92 Å². The number of hydrogen-bond acceptors (Lipinski definition) is 4. The van der Waals surface area contributed by atoms with Gasteiger partial charge in [0.2, 0.25) is 0 Å². The third-order valence-electron chi connectivity index (χ3n) is 3.27. The van der Waals surface area contributed by atoms with E-state index in [9.17, 15) is 0 Å². The standard InChI is InChI=1S/C17H22N2O2/c1-12-5-4-8-19-15(12)11-21-16-7-6-14(9-13(2)18)10-17(16)20-3/h4-8,10,13H,9,11,18H2,1-3H3. The molecular weight excluding hydrogens is 264 g/mol. The third-order valence-corrected chi connectivity index (χ3v) is 3.27. The molecule has 0 amide bonds. The van der Waals surface area contributed by atoms with Crippen molar-refractivity contribution in [2.45, 2.75) is 32.9 Å². The summed E-state index contributed by atoms with van der Waals surface area (Å²) in [6.45, 7) is 4.44. The predicted molar refractivity (Wildman–Crippen MR) is 83.7 cm³/mol. The van der Waals surface area contributed by atoms with Crippen molar-refractivity contribution >= 4 is 0 Å². The zero-order chi connectivity index (χ0) is 15.2. The van der Waals surface area contributed by atoms with Crippen LogP contribution in [0.25, 0.3) is 0 Å². The van der Waals surface area contributed by atoms with Crippen LogP contribution in [-0.2, 0) is 13.0 Å². The summed E-state index contributed by atoms with van der Waals surface area (Å²) in [7, 11) is 1.64. The van der Waals surface area contributed by atoms with E-state index < -0.39 is 0 Å². The molecule has 0 bridgehead atoms. The molecule has 112 valence electrons. The minimum atomic E-state index is 0.123. The fourth-order valence-corrected chi connectivity index (χ4v) is 2.15. The molecule has 1 atom stereocenters. The van der Waals surface area contributed by atoms with Crippen LogP contribution in [0.4, 0.5) is 0 Å². The predicted octanol–water partition coefficient (Wildman–Crippen LogP) is 2.87. The van der Waals surface area contributed by atoms with Crippen molar-refractivity contribution in [2.75, 3.05) is 7.11 Å². The van der Waals surface area contributed by atoms with Crippen molar-refractivity contribution in [3.05, 3.63) is 53.3 Å². The van der Waals surface area contributed by atoms with E-state index in [0.717, 1.165) is 34.7 Å². The van der Waals surface area contributed by atoms with E-state index in [1.807, 2.05) is 44.2 Å². The summed E-state index contributed by atoms with van der Waals surface area (Å²) in [4.78, 5) is 4.32. The molecule has 0 aliphatic rings. The Hall–Kier alpha value is -2.07. The number of aromatic nitrogens is 1. The number of methoxy groups -OCH3 is 1. The summed E-state index contributed by atoms with van der Waals surface area (Å²) in [5, 5.41) is 0.